The molecule has 0 aliphatic carbocycles. The van der Waals surface area contributed by atoms with Crippen LogP contribution in [0.1, 0.15) is 13.7 Å². The Hall–Kier alpha value is -1.81. The molecular formula is C12H16FN3O5. The summed E-state index contributed by atoms with van der Waals surface area (Å²) in [6, 6.07) is 0. The van der Waals surface area contributed by atoms with E-state index in [0.717, 1.165) is 17.1 Å². The highest BCUT2D eigenvalue weighted by Crippen LogP contribution is 2.31. The zero-order valence-corrected chi connectivity index (χ0v) is 10.1. The van der Waals surface area contributed by atoms with Crippen molar-refractivity contribution in [3.8, 4) is 0 Å². The van der Waals surface area contributed by atoms with Crippen LogP contribution in [0.15, 0.2) is 17.3 Å². The van der Waals surface area contributed by atoms with Crippen LogP contribution in [0, 0.1) is 5.82 Å². The predicted molar refractivity (Wildman–Crippen MR) is 70.1 cm³/mol. The average molecular weight is 301 g/mol. The van der Waals surface area contributed by atoms with E-state index in [0.29, 0.717) is 0 Å². The Morgan fingerprint density at radius 1 is 1.43 bits per heavy atom. The molecule has 1 fully saturated rings. The van der Waals surface area contributed by atoms with Gasteiger partial charge in [0.2, 0.25) is 0 Å². The third-order valence-electron chi connectivity index (χ3n) is 3.36. The fourth-order valence-electron chi connectivity index (χ4n) is 2.35. The van der Waals surface area contributed by atoms with Crippen LogP contribution < -0.4 is 5.56 Å². The summed E-state index contributed by atoms with van der Waals surface area (Å²) < 4.78 is 20.2. The van der Waals surface area contributed by atoms with Gasteiger partial charge in [-0.3, -0.25) is 4.79 Å². The Balaban J connectivity index is 0.00000161. The molecule has 4 atom stereocenters. The van der Waals surface area contributed by atoms with Gasteiger partial charge in [0.05, 0.1) is 12.9 Å². The number of aromatic nitrogens is 3. The monoisotopic (exact) mass is 301 g/mol. The summed E-state index contributed by atoms with van der Waals surface area (Å²) in [6.07, 6.45) is -2.74. The smallest absolute Gasteiger partial charge is 0.263 e. The van der Waals surface area contributed by atoms with Gasteiger partial charge in [-0.05, 0) is 0 Å². The van der Waals surface area contributed by atoms with Gasteiger partial charge in [-0.1, -0.05) is 7.43 Å². The molecule has 0 unspecified atom stereocenters. The standard InChI is InChI=1S/C11H12FN3O5.CH4/c12-4-1-15(9-6(4)10(19)14-3-13-9)11-8(18)7(17)5(2-16)20-11;/h1,3,5,7-8,11,16-18H,2H2,(H,13,14,19);1H4/t5-,7-,8-,11-;/m1./s1. The Bertz CT molecular complexity index is 700. The Morgan fingerprint density at radius 3 is 2.76 bits per heavy atom. The molecule has 2 aromatic rings. The minimum atomic E-state index is -1.37. The van der Waals surface area contributed by atoms with Crippen LogP contribution in [0.4, 0.5) is 4.39 Å². The first-order valence-corrected chi connectivity index (χ1v) is 5.90. The van der Waals surface area contributed by atoms with Gasteiger partial charge < -0.3 is 29.6 Å². The maximum absolute atomic E-state index is 13.8. The molecule has 2 aromatic heterocycles. The number of ether oxygens (including phenoxy) is 1. The molecular weight excluding hydrogens is 285 g/mol. The van der Waals surface area contributed by atoms with Crippen molar-refractivity contribution in [2.24, 2.45) is 0 Å². The minimum Gasteiger partial charge on any atom is -0.394 e. The van der Waals surface area contributed by atoms with Crippen molar-refractivity contribution in [2.45, 2.75) is 32.0 Å². The van der Waals surface area contributed by atoms with Gasteiger partial charge in [0.15, 0.2) is 17.7 Å². The van der Waals surface area contributed by atoms with Crippen molar-refractivity contribution >= 4 is 11.0 Å². The van der Waals surface area contributed by atoms with Gasteiger partial charge >= 0.3 is 0 Å². The number of aliphatic hydroxyl groups excluding tert-OH is 3. The fraction of sp³-hybridized carbons (Fsp3) is 0.500. The molecule has 1 saturated heterocycles. The molecule has 3 rings (SSSR count). The van der Waals surface area contributed by atoms with E-state index in [2.05, 4.69) is 9.97 Å². The minimum absolute atomic E-state index is 0. The number of nitrogens with zero attached hydrogens (tertiary/aromatic N) is 2. The van der Waals surface area contributed by atoms with E-state index < -0.39 is 42.5 Å². The zero-order chi connectivity index (χ0) is 14.4. The summed E-state index contributed by atoms with van der Waals surface area (Å²) in [6.45, 7) is -0.496. The highest BCUT2D eigenvalue weighted by Gasteiger charge is 2.44. The number of H-pyrrole nitrogens is 1. The highest BCUT2D eigenvalue weighted by molar-refractivity contribution is 5.75. The van der Waals surface area contributed by atoms with Crippen LogP contribution in [0.2, 0.25) is 0 Å². The van der Waals surface area contributed by atoms with E-state index in [1.807, 2.05) is 0 Å². The van der Waals surface area contributed by atoms with E-state index in [1.54, 1.807) is 0 Å². The molecule has 0 radical (unpaired) electrons. The number of aromatic amines is 1. The maximum atomic E-state index is 13.8. The van der Waals surface area contributed by atoms with Crippen molar-refractivity contribution in [2.75, 3.05) is 6.61 Å². The first kappa shape index (κ1) is 15.6. The lowest BCUT2D eigenvalue weighted by Crippen LogP contribution is -2.33. The third-order valence-corrected chi connectivity index (χ3v) is 3.36. The molecule has 1 aliphatic rings. The molecule has 8 nitrogen and oxygen atoms in total. The lowest BCUT2D eigenvalue weighted by atomic mass is 10.1. The van der Waals surface area contributed by atoms with Crippen LogP contribution in [0.3, 0.4) is 0 Å². The van der Waals surface area contributed by atoms with Crippen molar-refractivity contribution in [1.82, 2.24) is 14.5 Å². The molecule has 0 bridgehead atoms. The quantitative estimate of drug-likeness (QED) is 0.571. The van der Waals surface area contributed by atoms with Crippen molar-refractivity contribution in [3.05, 3.63) is 28.7 Å². The van der Waals surface area contributed by atoms with E-state index in [9.17, 15) is 19.4 Å². The van der Waals surface area contributed by atoms with Crippen LogP contribution in [0.25, 0.3) is 11.0 Å². The Labute approximate surface area is 118 Å². The molecule has 116 valence electrons. The number of hydrogen-bond acceptors (Lipinski definition) is 6. The molecule has 0 spiro atoms. The third kappa shape index (κ3) is 2.23. The number of fused-ring (bicyclic) bond motifs is 1. The first-order valence-electron chi connectivity index (χ1n) is 5.90. The second kappa shape index (κ2) is 5.53. The second-order valence-electron chi connectivity index (χ2n) is 4.54. The fourth-order valence-corrected chi connectivity index (χ4v) is 2.35. The van der Waals surface area contributed by atoms with Gasteiger partial charge in [0.1, 0.15) is 23.7 Å². The lowest BCUT2D eigenvalue weighted by Gasteiger charge is -2.16. The summed E-state index contributed by atoms with van der Waals surface area (Å²) in [5.74, 6) is -0.813. The van der Waals surface area contributed by atoms with E-state index in [1.165, 1.54) is 0 Å². The maximum Gasteiger partial charge on any atom is 0.263 e. The van der Waals surface area contributed by atoms with Crippen LogP contribution in [-0.2, 0) is 4.74 Å². The van der Waals surface area contributed by atoms with Crippen LogP contribution >= 0.6 is 0 Å². The van der Waals surface area contributed by atoms with Crippen molar-refractivity contribution < 1.29 is 24.4 Å². The lowest BCUT2D eigenvalue weighted by molar-refractivity contribution is -0.0510. The summed E-state index contributed by atoms with van der Waals surface area (Å²) >= 11 is 0. The largest absolute Gasteiger partial charge is 0.394 e. The van der Waals surface area contributed by atoms with Gasteiger partial charge in [0, 0.05) is 6.20 Å². The first-order chi connectivity index (χ1) is 9.54. The van der Waals surface area contributed by atoms with Gasteiger partial charge in [0.25, 0.3) is 5.56 Å². The molecule has 21 heavy (non-hydrogen) atoms. The number of aliphatic hydroxyl groups is 3. The molecule has 9 heteroatoms. The van der Waals surface area contributed by atoms with Gasteiger partial charge in [-0.2, -0.15) is 0 Å². The topological polar surface area (TPSA) is 121 Å². The van der Waals surface area contributed by atoms with Gasteiger partial charge in [-0.15, -0.1) is 0 Å². The van der Waals surface area contributed by atoms with Gasteiger partial charge in [-0.25, -0.2) is 9.37 Å². The molecule has 1 aliphatic heterocycles. The Morgan fingerprint density at radius 2 is 2.14 bits per heavy atom. The summed E-state index contributed by atoms with van der Waals surface area (Å²) in [5.41, 5.74) is -0.668. The molecule has 0 saturated carbocycles. The number of halogens is 1. The SMILES string of the molecule is C.O=c1[nH]cnc2c1c(F)cn2[C@@H]1O[C@H](CO)[C@@H](O)[C@H]1O. The molecule has 3 heterocycles. The summed E-state index contributed by atoms with van der Waals surface area (Å²) in [7, 11) is 0. The van der Waals surface area contributed by atoms with Crippen LogP contribution in [0.5, 0.6) is 0 Å². The van der Waals surface area contributed by atoms with E-state index in [4.69, 9.17) is 9.84 Å². The summed E-state index contributed by atoms with van der Waals surface area (Å²) in [5, 5.41) is 28.4. The number of nitrogens with one attached hydrogen (secondary N) is 1. The Kier molecular flexibility index (Phi) is 4.10. The highest BCUT2D eigenvalue weighted by atomic mass is 19.1. The predicted octanol–water partition coefficient (Wildman–Crippen LogP) is -0.889. The van der Waals surface area contributed by atoms with E-state index in [-0.39, 0.29) is 18.5 Å². The second-order valence-corrected chi connectivity index (χ2v) is 4.54. The number of rotatable bonds is 2. The number of hydrogen-bond donors (Lipinski definition) is 4. The summed E-state index contributed by atoms with van der Waals surface area (Å²) in [4.78, 5) is 17.6. The van der Waals surface area contributed by atoms with E-state index >= 15 is 0 Å². The van der Waals surface area contributed by atoms with Crippen LogP contribution in [-0.4, -0.2) is 54.8 Å². The molecule has 4 N–H and O–H groups in total. The van der Waals surface area contributed by atoms with Crippen molar-refractivity contribution in [1.29, 1.82) is 0 Å². The van der Waals surface area contributed by atoms with Crippen molar-refractivity contribution in [3.63, 3.8) is 0 Å². The zero-order valence-electron chi connectivity index (χ0n) is 10.1. The molecule has 0 aromatic carbocycles. The average Bonchev–Trinajstić information content (AvgIpc) is 2.90. The molecule has 0 amide bonds. The normalized spacial score (nSPS) is 28.8.